The average Bonchev–Trinajstić information content (AvgIpc) is 3.21. The summed E-state index contributed by atoms with van der Waals surface area (Å²) < 4.78 is 0. The minimum absolute atomic E-state index is 0.0124. The standard InChI is InChI=1S/C21H26N4O/c1-14-20(18-7-9-23-11-16(18)12-24-14)13-25-21(26)19-5-3-2-4-17(19)15-6-8-22-10-15/h2-5,12,15,22-23H,6-11,13H2,1H3,(H,25,26)/t15-/m0/s1. The summed E-state index contributed by atoms with van der Waals surface area (Å²) in [6.07, 6.45) is 4.05. The van der Waals surface area contributed by atoms with Gasteiger partial charge in [-0.15, -0.1) is 0 Å². The van der Waals surface area contributed by atoms with Crippen molar-refractivity contribution in [2.24, 2.45) is 0 Å². The van der Waals surface area contributed by atoms with Gasteiger partial charge in [-0.05, 0) is 67.1 Å². The second-order valence-electron chi connectivity index (χ2n) is 7.21. The predicted octanol–water partition coefficient (Wildman–Crippen LogP) is 2.04. The van der Waals surface area contributed by atoms with Gasteiger partial charge in [0.15, 0.2) is 0 Å². The van der Waals surface area contributed by atoms with Crippen LogP contribution in [0.15, 0.2) is 30.5 Å². The van der Waals surface area contributed by atoms with Crippen molar-refractivity contribution in [1.82, 2.24) is 20.9 Å². The molecule has 26 heavy (non-hydrogen) atoms. The molecule has 1 saturated heterocycles. The van der Waals surface area contributed by atoms with Crippen LogP contribution in [0.4, 0.5) is 0 Å². The van der Waals surface area contributed by atoms with E-state index in [4.69, 9.17) is 0 Å². The van der Waals surface area contributed by atoms with Gasteiger partial charge in [0.05, 0.1) is 0 Å². The number of aryl methyl sites for hydroxylation is 1. The highest BCUT2D eigenvalue weighted by Gasteiger charge is 2.22. The molecule has 5 heteroatoms. The van der Waals surface area contributed by atoms with Crippen LogP contribution < -0.4 is 16.0 Å². The Morgan fingerprint density at radius 3 is 3.00 bits per heavy atom. The first kappa shape index (κ1) is 17.2. The number of nitrogens with zero attached hydrogens (tertiary/aromatic N) is 1. The van der Waals surface area contributed by atoms with Crippen LogP contribution in [-0.4, -0.2) is 30.5 Å². The fraction of sp³-hybridized carbons (Fsp3) is 0.429. The number of benzene rings is 1. The van der Waals surface area contributed by atoms with Crippen LogP contribution in [0, 0.1) is 6.92 Å². The van der Waals surface area contributed by atoms with Crippen LogP contribution in [0.5, 0.6) is 0 Å². The highest BCUT2D eigenvalue weighted by Crippen LogP contribution is 2.26. The smallest absolute Gasteiger partial charge is 0.251 e. The summed E-state index contributed by atoms with van der Waals surface area (Å²) in [7, 11) is 0. The summed E-state index contributed by atoms with van der Waals surface area (Å²) in [5, 5.41) is 9.92. The molecule has 0 saturated carbocycles. The van der Waals surface area contributed by atoms with E-state index in [1.807, 2.05) is 31.3 Å². The van der Waals surface area contributed by atoms with Gasteiger partial charge < -0.3 is 16.0 Å². The average molecular weight is 350 g/mol. The van der Waals surface area contributed by atoms with Gasteiger partial charge in [0.1, 0.15) is 0 Å². The second-order valence-corrected chi connectivity index (χ2v) is 7.21. The fourth-order valence-corrected chi connectivity index (χ4v) is 4.12. The molecule has 3 N–H and O–H groups in total. The molecular weight excluding hydrogens is 324 g/mol. The zero-order valence-electron chi connectivity index (χ0n) is 15.3. The van der Waals surface area contributed by atoms with Gasteiger partial charge in [0.2, 0.25) is 0 Å². The minimum Gasteiger partial charge on any atom is -0.348 e. The van der Waals surface area contributed by atoms with E-state index < -0.39 is 0 Å². The Labute approximate surface area is 154 Å². The van der Waals surface area contributed by atoms with E-state index in [9.17, 15) is 4.79 Å². The van der Waals surface area contributed by atoms with Crippen molar-refractivity contribution in [2.45, 2.75) is 38.8 Å². The van der Waals surface area contributed by atoms with Gasteiger partial charge in [-0.2, -0.15) is 0 Å². The Bertz CT molecular complexity index is 812. The molecule has 136 valence electrons. The Morgan fingerprint density at radius 1 is 1.27 bits per heavy atom. The number of carbonyl (C=O) groups excluding carboxylic acids is 1. The van der Waals surface area contributed by atoms with Crippen LogP contribution in [0.3, 0.4) is 0 Å². The summed E-state index contributed by atoms with van der Waals surface area (Å²) in [6.45, 7) is 6.39. The Balaban J connectivity index is 1.54. The highest BCUT2D eigenvalue weighted by atomic mass is 16.1. The molecule has 0 aliphatic carbocycles. The number of rotatable bonds is 4. The van der Waals surface area contributed by atoms with E-state index in [2.05, 4.69) is 27.0 Å². The molecule has 2 aliphatic heterocycles. The van der Waals surface area contributed by atoms with E-state index in [-0.39, 0.29) is 5.91 Å². The molecule has 1 aromatic carbocycles. The maximum atomic E-state index is 12.9. The predicted molar refractivity (Wildman–Crippen MR) is 102 cm³/mol. The first-order chi connectivity index (χ1) is 12.7. The van der Waals surface area contributed by atoms with Gasteiger partial charge in [-0.25, -0.2) is 0 Å². The van der Waals surface area contributed by atoms with E-state index in [0.29, 0.717) is 12.5 Å². The third-order valence-electron chi connectivity index (χ3n) is 5.60. The summed E-state index contributed by atoms with van der Waals surface area (Å²) in [4.78, 5) is 17.4. The summed E-state index contributed by atoms with van der Waals surface area (Å²) in [5.74, 6) is 0.439. The van der Waals surface area contributed by atoms with Crippen molar-refractivity contribution >= 4 is 5.91 Å². The van der Waals surface area contributed by atoms with Gasteiger partial charge in [-0.3, -0.25) is 9.78 Å². The molecule has 1 amide bonds. The lowest BCUT2D eigenvalue weighted by Crippen LogP contribution is -2.29. The van der Waals surface area contributed by atoms with Crippen LogP contribution in [-0.2, 0) is 19.5 Å². The van der Waals surface area contributed by atoms with E-state index in [1.54, 1.807) is 0 Å². The van der Waals surface area contributed by atoms with Crippen LogP contribution in [0.25, 0.3) is 0 Å². The maximum Gasteiger partial charge on any atom is 0.251 e. The highest BCUT2D eigenvalue weighted by molar-refractivity contribution is 5.95. The number of pyridine rings is 1. The second kappa shape index (κ2) is 7.56. The summed E-state index contributed by atoms with van der Waals surface area (Å²) >= 11 is 0. The molecule has 2 aromatic rings. The molecule has 1 atom stereocenters. The lowest BCUT2D eigenvalue weighted by atomic mass is 9.93. The molecule has 0 radical (unpaired) electrons. The third-order valence-corrected chi connectivity index (χ3v) is 5.60. The number of amides is 1. The SMILES string of the molecule is Cc1ncc2c(c1CNC(=O)c1ccccc1[C@H]1CCNC1)CCNC2. The molecule has 1 fully saturated rings. The number of hydrogen-bond donors (Lipinski definition) is 3. The molecular formula is C21H26N4O. The van der Waals surface area contributed by atoms with Crippen molar-refractivity contribution in [3.05, 3.63) is 64.0 Å². The van der Waals surface area contributed by atoms with Gasteiger partial charge >= 0.3 is 0 Å². The van der Waals surface area contributed by atoms with Crippen LogP contribution in [0.1, 0.15) is 50.6 Å². The van der Waals surface area contributed by atoms with Crippen LogP contribution >= 0.6 is 0 Å². The van der Waals surface area contributed by atoms with Crippen molar-refractivity contribution in [3.8, 4) is 0 Å². The van der Waals surface area contributed by atoms with E-state index in [1.165, 1.54) is 16.7 Å². The zero-order valence-corrected chi connectivity index (χ0v) is 15.3. The Hall–Kier alpha value is -2.24. The monoisotopic (exact) mass is 350 g/mol. The molecule has 4 rings (SSSR count). The van der Waals surface area contributed by atoms with Crippen molar-refractivity contribution in [3.63, 3.8) is 0 Å². The molecule has 0 spiro atoms. The van der Waals surface area contributed by atoms with Crippen LogP contribution in [0.2, 0.25) is 0 Å². The zero-order chi connectivity index (χ0) is 17.9. The van der Waals surface area contributed by atoms with E-state index >= 15 is 0 Å². The number of nitrogens with one attached hydrogen (secondary N) is 3. The molecule has 0 unspecified atom stereocenters. The minimum atomic E-state index is 0.0124. The fourth-order valence-electron chi connectivity index (χ4n) is 4.12. The lowest BCUT2D eigenvalue weighted by Gasteiger charge is -2.22. The number of hydrogen-bond acceptors (Lipinski definition) is 4. The maximum absolute atomic E-state index is 12.9. The van der Waals surface area contributed by atoms with Gasteiger partial charge in [0.25, 0.3) is 5.91 Å². The molecule has 2 aliphatic rings. The van der Waals surface area contributed by atoms with Crippen molar-refractivity contribution < 1.29 is 4.79 Å². The quantitative estimate of drug-likeness (QED) is 0.790. The number of aromatic nitrogens is 1. The van der Waals surface area contributed by atoms with E-state index in [0.717, 1.165) is 55.8 Å². The molecule has 1 aromatic heterocycles. The largest absolute Gasteiger partial charge is 0.348 e. The topological polar surface area (TPSA) is 66.0 Å². The lowest BCUT2D eigenvalue weighted by molar-refractivity contribution is 0.0949. The first-order valence-corrected chi connectivity index (χ1v) is 9.49. The van der Waals surface area contributed by atoms with Gasteiger partial charge in [0, 0.05) is 37.1 Å². The third kappa shape index (κ3) is 3.37. The number of fused-ring (bicyclic) bond motifs is 1. The van der Waals surface area contributed by atoms with Gasteiger partial charge in [-0.1, -0.05) is 18.2 Å². The normalized spacial score (nSPS) is 19.2. The van der Waals surface area contributed by atoms with Crippen molar-refractivity contribution in [1.29, 1.82) is 0 Å². The van der Waals surface area contributed by atoms with Crippen molar-refractivity contribution in [2.75, 3.05) is 19.6 Å². The first-order valence-electron chi connectivity index (χ1n) is 9.49. The Morgan fingerprint density at radius 2 is 2.15 bits per heavy atom. The molecule has 5 nitrogen and oxygen atoms in total. The summed E-state index contributed by atoms with van der Waals surface area (Å²) in [6, 6.07) is 8.01. The molecule has 3 heterocycles. The summed E-state index contributed by atoms with van der Waals surface area (Å²) in [5.41, 5.74) is 6.76. The Kier molecular flexibility index (Phi) is 5.00. The molecule has 0 bridgehead atoms. The number of carbonyl (C=O) groups is 1.